The van der Waals surface area contributed by atoms with Crippen LogP contribution in [0.4, 0.5) is 4.79 Å². The number of amides is 2. The van der Waals surface area contributed by atoms with E-state index < -0.39 is 0 Å². The van der Waals surface area contributed by atoms with Crippen molar-refractivity contribution in [2.45, 2.75) is 39.4 Å². The van der Waals surface area contributed by atoms with Gasteiger partial charge >= 0.3 is 6.03 Å². The third-order valence-electron chi connectivity index (χ3n) is 4.78. The number of nitrogens with one attached hydrogen (secondary N) is 4. The summed E-state index contributed by atoms with van der Waals surface area (Å²) in [5, 5.41) is 13.7. The van der Waals surface area contributed by atoms with Crippen LogP contribution in [0, 0.1) is 6.92 Å². The van der Waals surface area contributed by atoms with Gasteiger partial charge in [-0.2, -0.15) is 5.10 Å². The zero-order valence-corrected chi connectivity index (χ0v) is 15.5. The number of carbonyl (C=O) groups excluding carboxylic acids is 1. The monoisotopic (exact) mass is 367 g/mol. The number of hydrogen-bond acceptors (Lipinski definition) is 4. The number of rotatable bonds is 5. The van der Waals surface area contributed by atoms with Crippen molar-refractivity contribution in [3.8, 4) is 0 Å². The fourth-order valence-electron chi connectivity index (χ4n) is 3.38. The number of aromatic nitrogens is 4. The molecule has 0 unspecified atom stereocenters. The highest BCUT2D eigenvalue weighted by Gasteiger charge is 2.11. The molecule has 2 amide bonds. The number of aromatic amines is 1. The van der Waals surface area contributed by atoms with Gasteiger partial charge in [-0.05, 0) is 37.6 Å². The van der Waals surface area contributed by atoms with Gasteiger partial charge in [-0.1, -0.05) is 12.1 Å². The number of urea groups is 1. The van der Waals surface area contributed by atoms with Crippen molar-refractivity contribution >= 4 is 17.1 Å². The number of carbonyl (C=O) groups is 1. The average molecular weight is 367 g/mol. The van der Waals surface area contributed by atoms with Crippen molar-refractivity contribution in [3.63, 3.8) is 0 Å². The first-order valence-corrected chi connectivity index (χ1v) is 9.41. The lowest BCUT2D eigenvalue weighted by molar-refractivity contribution is 0.240. The molecule has 3 heterocycles. The first-order chi connectivity index (χ1) is 13.2. The molecule has 2 aromatic heterocycles. The second-order valence-corrected chi connectivity index (χ2v) is 6.89. The van der Waals surface area contributed by atoms with Gasteiger partial charge in [0, 0.05) is 26.1 Å². The molecule has 0 fully saturated rings. The molecule has 3 aromatic rings. The maximum absolute atomic E-state index is 12.0. The third-order valence-corrected chi connectivity index (χ3v) is 4.78. The Morgan fingerprint density at radius 2 is 2.26 bits per heavy atom. The molecule has 4 rings (SSSR count). The number of aryl methyl sites for hydroxylation is 2. The molecule has 1 aliphatic heterocycles. The summed E-state index contributed by atoms with van der Waals surface area (Å²) in [4.78, 5) is 19.9. The summed E-state index contributed by atoms with van der Waals surface area (Å²) in [7, 11) is 0. The van der Waals surface area contributed by atoms with Crippen LogP contribution in [0.2, 0.25) is 0 Å². The fourth-order valence-corrected chi connectivity index (χ4v) is 3.38. The van der Waals surface area contributed by atoms with Gasteiger partial charge < -0.3 is 20.9 Å². The summed E-state index contributed by atoms with van der Waals surface area (Å²) in [5.41, 5.74) is 5.23. The lowest BCUT2D eigenvalue weighted by Crippen LogP contribution is -2.36. The van der Waals surface area contributed by atoms with Crippen molar-refractivity contribution in [2.24, 2.45) is 0 Å². The quantitative estimate of drug-likeness (QED) is 0.550. The summed E-state index contributed by atoms with van der Waals surface area (Å²) >= 11 is 0. The Kier molecular flexibility index (Phi) is 5.06. The minimum atomic E-state index is -0.191. The first kappa shape index (κ1) is 17.5. The molecule has 1 aromatic carbocycles. The molecule has 0 spiro atoms. The Bertz CT molecular complexity index is 919. The Balaban J connectivity index is 1.24. The largest absolute Gasteiger partial charge is 0.342 e. The first-order valence-electron chi connectivity index (χ1n) is 9.41. The van der Waals surface area contributed by atoms with Crippen LogP contribution in [0.5, 0.6) is 0 Å². The van der Waals surface area contributed by atoms with E-state index >= 15 is 0 Å². The summed E-state index contributed by atoms with van der Waals surface area (Å²) in [6, 6.07) is 7.93. The van der Waals surface area contributed by atoms with Crippen molar-refractivity contribution < 1.29 is 4.79 Å². The molecule has 8 nitrogen and oxygen atoms in total. The van der Waals surface area contributed by atoms with Crippen LogP contribution >= 0.6 is 0 Å². The summed E-state index contributed by atoms with van der Waals surface area (Å²) in [5.74, 6) is 0.880. The molecule has 0 bridgehead atoms. The van der Waals surface area contributed by atoms with E-state index in [1.165, 1.54) is 5.69 Å². The highest BCUT2D eigenvalue weighted by Crippen LogP contribution is 2.15. The van der Waals surface area contributed by atoms with Crippen LogP contribution in [0.15, 0.2) is 24.3 Å². The van der Waals surface area contributed by atoms with E-state index in [4.69, 9.17) is 0 Å². The Hall–Kier alpha value is -2.87. The van der Waals surface area contributed by atoms with Crippen molar-refractivity contribution in [3.05, 3.63) is 47.0 Å². The lowest BCUT2D eigenvalue weighted by Gasteiger charge is -2.05. The Morgan fingerprint density at radius 3 is 3.15 bits per heavy atom. The number of nitrogens with zero attached hydrogens (tertiary/aromatic N) is 3. The van der Waals surface area contributed by atoms with Crippen LogP contribution in [0.3, 0.4) is 0 Å². The van der Waals surface area contributed by atoms with Crippen molar-refractivity contribution in [1.82, 2.24) is 35.7 Å². The maximum Gasteiger partial charge on any atom is 0.315 e. The van der Waals surface area contributed by atoms with E-state index in [0.29, 0.717) is 19.5 Å². The molecule has 0 atom stereocenters. The number of fused-ring (bicyclic) bond motifs is 2. The minimum absolute atomic E-state index is 0.191. The number of imidazole rings is 1. The van der Waals surface area contributed by atoms with Gasteiger partial charge in [0.1, 0.15) is 5.82 Å². The molecule has 142 valence electrons. The lowest BCUT2D eigenvalue weighted by atomic mass is 10.2. The van der Waals surface area contributed by atoms with Crippen LogP contribution in [-0.4, -0.2) is 38.9 Å². The summed E-state index contributed by atoms with van der Waals surface area (Å²) in [6.07, 6.45) is 1.73. The molecule has 0 radical (unpaired) electrons. The van der Waals surface area contributed by atoms with Crippen LogP contribution in [-0.2, 0) is 26.1 Å². The van der Waals surface area contributed by atoms with Crippen LogP contribution in [0.1, 0.15) is 29.2 Å². The minimum Gasteiger partial charge on any atom is -0.342 e. The van der Waals surface area contributed by atoms with Crippen LogP contribution in [0.25, 0.3) is 11.0 Å². The van der Waals surface area contributed by atoms with Gasteiger partial charge in [0.25, 0.3) is 0 Å². The molecular formula is C19H25N7O. The molecule has 0 aliphatic carbocycles. The van der Waals surface area contributed by atoms with E-state index in [0.717, 1.165) is 54.2 Å². The number of para-hydroxylation sites is 1. The fraction of sp³-hybridized carbons (Fsp3) is 0.421. The second kappa shape index (κ2) is 7.79. The predicted molar refractivity (Wildman–Crippen MR) is 103 cm³/mol. The predicted octanol–water partition coefficient (Wildman–Crippen LogP) is 1.60. The maximum atomic E-state index is 12.0. The summed E-state index contributed by atoms with van der Waals surface area (Å²) in [6.45, 7) is 5.76. The second-order valence-electron chi connectivity index (χ2n) is 6.89. The van der Waals surface area contributed by atoms with E-state index in [-0.39, 0.29) is 6.03 Å². The molecular weight excluding hydrogens is 342 g/mol. The van der Waals surface area contributed by atoms with Gasteiger partial charge in [0.2, 0.25) is 0 Å². The molecule has 0 saturated carbocycles. The smallest absolute Gasteiger partial charge is 0.315 e. The third kappa shape index (κ3) is 4.11. The zero-order chi connectivity index (χ0) is 18.6. The topological polar surface area (TPSA) is 99.7 Å². The van der Waals surface area contributed by atoms with Gasteiger partial charge in [-0.25, -0.2) is 9.78 Å². The molecule has 0 saturated heterocycles. The van der Waals surface area contributed by atoms with Gasteiger partial charge in [-0.15, -0.1) is 0 Å². The number of H-pyrrole nitrogens is 1. The zero-order valence-electron chi connectivity index (χ0n) is 15.5. The van der Waals surface area contributed by atoms with Gasteiger partial charge in [0.05, 0.1) is 29.0 Å². The standard InChI is InChI=1S/C19H25N7O/c1-13-4-2-5-16-18(13)24-17(23-16)6-8-21-19(27)22-11-14-10-15-12-20-7-3-9-26(15)25-14/h2,4-5,10,20H,3,6-9,11-12H2,1H3,(H,23,24)(H2,21,22,27). The van der Waals surface area contributed by atoms with E-state index in [1.807, 2.05) is 29.8 Å². The molecule has 1 aliphatic rings. The van der Waals surface area contributed by atoms with Crippen molar-refractivity contribution in [2.75, 3.05) is 13.1 Å². The SMILES string of the molecule is Cc1cccc2[nH]c(CCNC(=O)NCc3cc4n(n3)CCCNC4)nc12. The van der Waals surface area contributed by atoms with E-state index in [1.54, 1.807) is 0 Å². The molecule has 8 heteroatoms. The van der Waals surface area contributed by atoms with E-state index in [9.17, 15) is 4.79 Å². The highest BCUT2D eigenvalue weighted by atomic mass is 16.2. The number of hydrogen-bond donors (Lipinski definition) is 4. The summed E-state index contributed by atoms with van der Waals surface area (Å²) < 4.78 is 2.03. The molecule has 4 N–H and O–H groups in total. The number of benzene rings is 1. The van der Waals surface area contributed by atoms with Crippen LogP contribution < -0.4 is 16.0 Å². The Labute approximate surface area is 157 Å². The van der Waals surface area contributed by atoms with Gasteiger partial charge in [0.15, 0.2) is 0 Å². The van der Waals surface area contributed by atoms with Gasteiger partial charge in [-0.3, -0.25) is 4.68 Å². The van der Waals surface area contributed by atoms with Crippen molar-refractivity contribution in [1.29, 1.82) is 0 Å². The Morgan fingerprint density at radius 1 is 1.33 bits per heavy atom. The molecule has 27 heavy (non-hydrogen) atoms. The normalized spacial score (nSPS) is 14.0. The highest BCUT2D eigenvalue weighted by molar-refractivity contribution is 5.78. The average Bonchev–Trinajstić information content (AvgIpc) is 3.18. The van der Waals surface area contributed by atoms with E-state index in [2.05, 4.69) is 37.1 Å².